The van der Waals surface area contributed by atoms with E-state index < -0.39 is 11.8 Å². The fraction of sp³-hybridized carbons (Fsp3) is 0.556. The zero-order chi connectivity index (χ0) is 18.2. The van der Waals surface area contributed by atoms with Crippen molar-refractivity contribution >= 4 is 6.71 Å². The van der Waals surface area contributed by atoms with Crippen LogP contribution in [0.3, 0.4) is 0 Å². The predicted molar refractivity (Wildman–Crippen MR) is 92.5 cm³/mol. The predicted octanol–water partition coefficient (Wildman–Crippen LogP) is 4.18. The van der Waals surface area contributed by atoms with Crippen molar-refractivity contribution in [2.24, 2.45) is 0 Å². The van der Waals surface area contributed by atoms with Crippen molar-refractivity contribution in [1.29, 1.82) is 10.5 Å². The Balaban J connectivity index is 0.00000139. The number of hydrogen-bond donors (Lipinski definition) is 1. The van der Waals surface area contributed by atoms with Gasteiger partial charge in [-0.15, -0.1) is 0 Å². The van der Waals surface area contributed by atoms with Gasteiger partial charge in [-0.05, 0) is 24.5 Å². The maximum atomic E-state index is 15.1. The molecule has 1 atom stereocenters. The van der Waals surface area contributed by atoms with E-state index in [0.29, 0.717) is 42.4 Å². The van der Waals surface area contributed by atoms with Crippen molar-refractivity contribution in [1.82, 2.24) is 0 Å². The Kier molecular flexibility index (Phi) is 7.75. The van der Waals surface area contributed by atoms with Gasteiger partial charge in [-0.3, -0.25) is 0 Å². The van der Waals surface area contributed by atoms with Crippen LogP contribution in [-0.4, -0.2) is 18.9 Å². The monoisotopic (exact) mass is 330 g/mol. The van der Waals surface area contributed by atoms with Crippen molar-refractivity contribution in [3.05, 3.63) is 29.3 Å². The van der Waals surface area contributed by atoms with E-state index in [0.717, 1.165) is 0 Å². The molecule has 1 unspecified atom stereocenters. The number of nitriles is 2. The van der Waals surface area contributed by atoms with Crippen LogP contribution in [0, 0.1) is 22.6 Å². The third kappa shape index (κ3) is 4.49. The molecular weight excluding hydrogens is 306 g/mol. The van der Waals surface area contributed by atoms with Crippen LogP contribution < -0.4 is 4.74 Å². The van der Waals surface area contributed by atoms with Gasteiger partial charge in [0.05, 0.1) is 25.7 Å². The van der Waals surface area contributed by atoms with Gasteiger partial charge in [0, 0.05) is 11.5 Å². The summed E-state index contributed by atoms with van der Waals surface area (Å²) in [5.74, 6) is 2.59. The van der Waals surface area contributed by atoms with Crippen molar-refractivity contribution in [2.45, 2.75) is 57.5 Å². The minimum atomic E-state index is -1.46. The molecule has 1 heterocycles. The van der Waals surface area contributed by atoms with E-state index in [1.54, 1.807) is 18.2 Å². The van der Waals surface area contributed by atoms with E-state index in [2.05, 4.69) is 5.97 Å². The molecule has 0 aromatic heterocycles. The summed E-state index contributed by atoms with van der Waals surface area (Å²) < 4.78 is 20.4. The summed E-state index contributed by atoms with van der Waals surface area (Å²) in [6.07, 6.45) is 0.741. The molecule has 128 valence electrons. The first-order valence-electron chi connectivity index (χ1n) is 8.36. The van der Waals surface area contributed by atoms with Gasteiger partial charge < -0.3 is 9.84 Å². The second kappa shape index (κ2) is 9.30. The average molecular weight is 330 g/mol. The fourth-order valence-electron chi connectivity index (χ4n) is 2.95. The second-order valence-electron chi connectivity index (χ2n) is 5.70. The van der Waals surface area contributed by atoms with Crippen molar-refractivity contribution < 1.29 is 14.2 Å². The topological polar surface area (TPSA) is 77.0 Å². The molecule has 1 aromatic rings. The van der Waals surface area contributed by atoms with Gasteiger partial charge in [0.15, 0.2) is 0 Å². The molecule has 4 nitrogen and oxygen atoms in total. The third-order valence-corrected chi connectivity index (χ3v) is 4.36. The SMILES string of the molecule is CC.COc1cc(C2(F)CCB(C#N)CC2)ccc1C(O)CC#N. The highest BCUT2D eigenvalue weighted by Gasteiger charge is 2.39. The quantitative estimate of drug-likeness (QED) is 0.840. The molecule has 2 rings (SSSR count). The zero-order valence-corrected chi connectivity index (χ0v) is 14.6. The van der Waals surface area contributed by atoms with Crippen molar-refractivity contribution in [2.75, 3.05) is 7.11 Å². The zero-order valence-electron chi connectivity index (χ0n) is 14.6. The molecule has 1 saturated heterocycles. The highest BCUT2D eigenvalue weighted by atomic mass is 19.1. The first-order valence-corrected chi connectivity index (χ1v) is 8.36. The Morgan fingerprint density at radius 3 is 2.46 bits per heavy atom. The minimum absolute atomic E-state index is 0.0413. The number of ether oxygens (including phenoxy) is 1. The molecule has 1 aromatic carbocycles. The van der Waals surface area contributed by atoms with E-state index in [-0.39, 0.29) is 13.1 Å². The fourth-order valence-corrected chi connectivity index (χ4v) is 2.95. The van der Waals surface area contributed by atoms with Gasteiger partial charge in [0.25, 0.3) is 6.71 Å². The Hall–Kier alpha value is -2.05. The van der Waals surface area contributed by atoms with Crippen LogP contribution in [0.2, 0.25) is 12.6 Å². The van der Waals surface area contributed by atoms with Gasteiger partial charge in [-0.1, -0.05) is 38.6 Å². The van der Waals surface area contributed by atoms with Gasteiger partial charge in [0.1, 0.15) is 11.4 Å². The maximum absolute atomic E-state index is 15.1. The highest BCUT2D eigenvalue weighted by Crippen LogP contribution is 2.43. The Bertz CT molecular complexity index is 616. The molecule has 0 bridgehead atoms. The molecule has 1 N–H and O–H groups in total. The van der Waals surface area contributed by atoms with E-state index in [9.17, 15) is 5.11 Å². The lowest BCUT2D eigenvalue weighted by molar-refractivity contribution is 0.143. The lowest BCUT2D eigenvalue weighted by atomic mass is 9.41. The molecule has 24 heavy (non-hydrogen) atoms. The van der Waals surface area contributed by atoms with Crippen molar-refractivity contribution in [3.8, 4) is 17.8 Å². The molecule has 1 aliphatic rings. The molecule has 0 spiro atoms. The number of aliphatic hydroxyl groups excluding tert-OH is 1. The molecule has 0 radical (unpaired) electrons. The number of benzene rings is 1. The minimum Gasteiger partial charge on any atom is -0.496 e. The van der Waals surface area contributed by atoms with E-state index in [1.807, 2.05) is 19.9 Å². The number of halogens is 1. The Morgan fingerprint density at radius 1 is 1.33 bits per heavy atom. The van der Waals surface area contributed by atoms with E-state index in [1.165, 1.54) is 7.11 Å². The summed E-state index contributed by atoms with van der Waals surface area (Å²) in [7, 11) is 1.46. The van der Waals surface area contributed by atoms with E-state index >= 15 is 4.39 Å². The van der Waals surface area contributed by atoms with Gasteiger partial charge >= 0.3 is 0 Å². The summed E-state index contributed by atoms with van der Waals surface area (Å²) in [5.41, 5.74) is -0.463. The average Bonchev–Trinajstić information content (AvgIpc) is 2.63. The van der Waals surface area contributed by atoms with Gasteiger partial charge in [0.2, 0.25) is 0 Å². The Labute approximate surface area is 143 Å². The standard InChI is InChI=1S/C16H18BFN2O2.C2H6/c1-22-15-10-12(2-3-13(15)14(21)4-9-19)16(18)5-7-17(11-20)8-6-16;1-2/h2-3,10,14,21H,4-8H2,1H3;1-2H3. The van der Waals surface area contributed by atoms with Crippen LogP contribution in [0.4, 0.5) is 4.39 Å². The number of hydrogen-bond acceptors (Lipinski definition) is 4. The smallest absolute Gasteiger partial charge is 0.268 e. The summed E-state index contributed by atoms with van der Waals surface area (Å²) in [6.45, 7) is 3.93. The normalized spacial score (nSPS) is 16.9. The Morgan fingerprint density at radius 2 is 1.96 bits per heavy atom. The summed E-state index contributed by atoms with van der Waals surface area (Å²) in [6, 6.07) is 6.77. The van der Waals surface area contributed by atoms with Crippen LogP contribution in [0.5, 0.6) is 5.75 Å². The summed E-state index contributed by atoms with van der Waals surface area (Å²) in [5, 5.41) is 27.5. The van der Waals surface area contributed by atoms with Crippen LogP contribution in [0.1, 0.15) is 50.3 Å². The molecule has 1 fully saturated rings. The maximum Gasteiger partial charge on any atom is 0.268 e. The second-order valence-corrected chi connectivity index (χ2v) is 5.70. The van der Waals surface area contributed by atoms with Crippen molar-refractivity contribution in [3.63, 3.8) is 0 Å². The first kappa shape index (κ1) is 20.0. The third-order valence-electron chi connectivity index (χ3n) is 4.36. The largest absolute Gasteiger partial charge is 0.496 e. The summed E-state index contributed by atoms with van der Waals surface area (Å²) >= 11 is 0. The van der Waals surface area contributed by atoms with E-state index in [4.69, 9.17) is 15.3 Å². The molecule has 6 heteroatoms. The number of rotatable bonds is 4. The molecule has 1 aliphatic heterocycles. The van der Waals surface area contributed by atoms with Crippen LogP contribution in [0.15, 0.2) is 18.2 Å². The van der Waals surface area contributed by atoms with Gasteiger partial charge in [-0.25, -0.2) is 9.65 Å². The molecule has 0 saturated carbocycles. The number of alkyl halides is 1. The number of aliphatic hydroxyl groups is 1. The first-order chi connectivity index (χ1) is 11.5. The molecule has 0 aliphatic carbocycles. The number of methoxy groups -OCH3 is 1. The van der Waals surface area contributed by atoms with Gasteiger partial charge in [-0.2, -0.15) is 5.26 Å². The van der Waals surface area contributed by atoms with Crippen LogP contribution in [0.25, 0.3) is 0 Å². The lowest BCUT2D eigenvalue weighted by Crippen LogP contribution is -2.30. The highest BCUT2D eigenvalue weighted by molar-refractivity contribution is 6.67. The molecule has 0 amide bonds. The van der Waals surface area contributed by atoms with Crippen LogP contribution >= 0.6 is 0 Å². The molecular formula is C18H24BFN2O2. The summed E-state index contributed by atoms with van der Waals surface area (Å²) in [4.78, 5) is 0. The number of nitrogens with zero attached hydrogens (tertiary/aromatic N) is 2. The van der Waals surface area contributed by atoms with Crippen LogP contribution in [-0.2, 0) is 5.67 Å². The lowest BCUT2D eigenvalue weighted by Gasteiger charge is -2.31.